The zero-order valence-corrected chi connectivity index (χ0v) is 12.9. The lowest BCUT2D eigenvalue weighted by molar-refractivity contribution is 0.0789. The lowest BCUT2D eigenvalue weighted by Gasteiger charge is -2.18. The Morgan fingerprint density at radius 1 is 1.40 bits per heavy atom. The Morgan fingerprint density at radius 3 is 2.70 bits per heavy atom. The first kappa shape index (κ1) is 16.3. The van der Waals surface area contributed by atoms with Crippen LogP contribution in [-0.4, -0.2) is 30.9 Å². The third-order valence-corrected chi connectivity index (χ3v) is 3.20. The summed E-state index contributed by atoms with van der Waals surface area (Å²) in [5.41, 5.74) is 8.01. The minimum absolute atomic E-state index is 0.0430. The molecule has 0 atom stereocenters. The molecule has 0 spiro atoms. The minimum atomic E-state index is 0.0430. The quantitative estimate of drug-likeness (QED) is 0.856. The summed E-state index contributed by atoms with van der Waals surface area (Å²) in [6.07, 6.45) is 1.01. The van der Waals surface area contributed by atoms with Gasteiger partial charge in [0.1, 0.15) is 0 Å². The molecule has 0 aliphatic rings. The maximum absolute atomic E-state index is 12.3. The van der Waals surface area contributed by atoms with E-state index in [1.54, 1.807) is 4.90 Å². The molecule has 0 unspecified atom stereocenters. The van der Waals surface area contributed by atoms with Crippen molar-refractivity contribution >= 4 is 5.91 Å². The van der Waals surface area contributed by atoms with Crippen LogP contribution < -0.4 is 5.73 Å². The molecule has 2 N–H and O–H groups in total. The van der Waals surface area contributed by atoms with E-state index in [-0.39, 0.29) is 5.91 Å². The summed E-state index contributed by atoms with van der Waals surface area (Å²) in [7, 11) is 1.84. The number of hydrogen-bond acceptors (Lipinski definition) is 2. The SMILES string of the molecule is Cc1ccc(C(=O)N(C)CCC(C)C)cc1C#CCN. The third kappa shape index (κ3) is 4.71. The first-order chi connectivity index (χ1) is 9.45. The molecule has 1 amide bonds. The van der Waals surface area contributed by atoms with Crippen molar-refractivity contribution in [3.05, 3.63) is 34.9 Å². The van der Waals surface area contributed by atoms with Gasteiger partial charge in [-0.05, 0) is 37.0 Å². The minimum Gasteiger partial charge on any atom is -0.342 e. The number of rotatable bonds is 4. The van der Waals surface area contributed by atoms with Gasteiger partial charge in [-0.1, -0.05) is 31.8 Å². The van der Waals surface area contributed by atoms with Crippen LogP contribution in [0.25, 0.3) is 0 Å². The number of benzene rings is 1. The molecule has 1 rings (SSSR count). The highest BCUT2D eigenvalue weighted by molar-refractivity contribution is 5.94. The maximum Gasteiger partial charge on any atom is 0.253 e. The van der Waals surface area contributed by atoms with Gasteiger partial charge in [-0.15, -0.1) is 0 Å². The zero-order valence-electron chi connectivity index (χ0n) is 12.9. The van der Waals surface area contributed by atoms with E-state index in [2.05, 4.69) is 25.7 Å². The summed E-state index contributed by atoms with van der Waals surface area (Å²) < 4.78 is 0. The van der Waals surface area contributed by atoms with Crippen LogP contribution >= 0.6 is 0 Å². The predicted molar refractivity (Wildman–Crippen MR) is 83.5 cm³/mol. The van der Waals surface area contributed by atoms with Gasteiger partial charge in [-0.2, -0.15) is 0 Å². The van der Waals surface area contributed by atoms with Crippen molar-refractivity contribution in [2.75, 3.05) is 20.1 Å². The van der Waals surface area contributed by atoms with Crippen molar-refractivity contribution in [1.82, 2.24) is 4.90 Å². The molecular weight excluding hydrogens is 248 g/mol. The molecule has 0 aliphatic heterocycles. The molecule has 0 aromatic heterocycles. The van der Waals surface area contributed by atoms with E-state index in [1.165, 1.54) is 0 Å². The van der Waals surface area contributed by atoms with Gasteiger partial charge in [0.25, 0.3) is 5.91 Å². The molecule has 20 heavy (non-hydrogen) atoms. The van der Waals surface area contributed by atoms with Crippen LogP contribution in [0.3, 0.4) is 0 Å². The number of carbonyl (C=O) groups excluding carboxylic acids is 1. The number of hydrogen-bond donors (Lipinski definition) is 1. The Labute approximate surface area is 122 Å². The van der Waals surface area contributed by atoms with Gasteiger partial charge >= 0.3 is 0 Å². The predicted octanol–water partition coefficient (Wildman–Crippen LogP) is 2.42. The molecule has 3 nitrogen and oxygen atoms in total. The van der Waals surface area contributed by atoms with E-state index in [0.717, 1.165) is 24.1 Å². The Kier molecular flexibility index (Phi) is 6.27. The fourth-order valence-corrected chi connectivity index (χ4v) is 1.81. The van der Waals surface area contributed by atoms with Crippen LogP contribution in [0.4, 0.5) is 0 Å². The molecule has 1 aromatic carbocycles. The lowest BCUT2D eigenvalue weighted by Crippen LogP contribution is -2.28. The van der Waals surface area contributed by atoms with Gasteiger partial charge in [0.2, 0.25) is 0 Å². The summed E-state index contributed by atoms with van der Waals surface area (Å²) in [5, 5.41) is 0. The van der Waals surface area contributed by atoms with Crippen LogP contribution in [0.15, 0.2) is 18.2 Å². The van der Waals surface area contributed by atoms with Crippen LogP contribution in [-0.2, 0) is 0 Å². The third-order valence-electron chi connectivity index (χ3n) is 3.20. The number of nitrogens with two attached hydrogens (primary N) is 1. The second-order valence-electron chi connectivity index (χ2n) is 5.44. The molecule has 1 aromatic rings. The second-order valence-corrected chi connectivity index (χ2v) is 5.44. The van der Waals surface area contributed by atoms with Gasteiger partial charge in [0.05, 0.1) is 6.54 Å². The normalized spacial score (nSPS) is 10.1. The largest absolute Gasteiger partial charge is 0.342 e. The van der Waals surface area contributed by atoms with Gasteiger partial charge in [0.15, 0.2) is 0 Å². The van der Waals surface area contributed by atoms with Crippen molar-refractivity contribution in [2.45, 2.75) is 27.2 Å². The van der Waals surface area contributed by atoms with E-state index in [1.807, 2.05) is 32.2 Å². The van der Waals surface area contributed by atoms with E-state index in [9.17, 15) is 4.79 Å². The Bertz CT molecular complexity index is 524. The van der Waals surface area contributed by atoms with Gasteiger partial charge in [-0.25, -0.2) is 0 Å². The highest BCUT2D eigenvalue weighted by atomic mass is 16.2. The highest BCUT2D eigenvalue weighted by Crippen LogP contribution is 2.12. The van der Waals surface area contributed by atoms with Crippen molar-refractivity contribution < 1.29 is 4.79 Å². The van der Waals surface area contributed by atoms with E-state index >= 15 is 0 Å². The van der Waals surface area contributed by atoms with E-state index in [4.69, 9.17) is 5.73 Å². The fraction of sp³-hybridized carbons (Fsp3) is 0.471. The van der Waals surface area contributed by atoms with Crippen molar-refractivity contribution in [3.63, 3.8) is 0 Å². The topological polar surface area (TPSA) is 46.3 Å². The van der Waals surface area contributed by atoms with Crippen molar-refractivity contribution in [1.29, 1.82) is 0 Å². The van der Waals surface area contributed by atoms with Crippen molar-refractivity contribution in [2.24, 2.45) is 11.7 Å². The summed E-state index contributed by atoms with van der Waals surface area (Å²) in [5.74, 6) is 6.48. The van der Waals surface area contributed by atoms with Crippen LogP contribution in [0, 0.1) is 24.7 Å². The molecule has 108 valence electrons. The van der Waals surface area contributed by atoms with Gasteiger partial charge < -0.3 is 10.6 Å². The standard InChI is InChI=1S/C17H24N2O/c1-13(2)9-11-19(4)17(20)16-8-7-14(3)15(12-16)6-5-10-18/h7-8,12-13H,9-11,18H2,1-4H3. The fourth-order valence-electron chi connectivity index (χ4n) is 1.81. The van der Waals surface area contributed by atoms with Crippen LogP contribution in [0.2, 0.25) is 0 Å². The lowest BCUT2D eigenvalue weighted by atomic mass is 10.0. The maximum atomic E-state index is 12.3. The number of aryl methyl sites for hydroxylation is 1. The smallest absolute Gasteiger partial charge is 0.253 e. The number of amides is 1. The molecule has 0 heterocycles. The molecular formula is C17H24N2O. The Balaban J connectivity index is 2.88. The van der Waals surface area contributed by atoms with E-state index in [0.29, 0.717) is 18.0 Å². The summed E-state index contributed by atoms with van der Waals surface area (Å²) in [6.45, 7) is 7.40. The van der Waals surface area contributed by atoms with Gasteiger partial charge in [-0.3, -0.25) is 4.79 Å². The zero-order chi connectivity index (χ0) is 15.1. The van der Waals surface area contributed by atoms with E-state index < -0.39 is 0 Å². The molecule has 3 heteroatoms. The second kappa shape index (κ2) is 7.72. The molecule has 0 fully saturated rings. The highest BCUT2D eigenvalue weighted by Gasteiger charge is 2.12. The molecule has 0 saturated heterocycles. The molecule has 0 saturated carbocycles. The Morgan fingerprint density at radius 2 is 2.10 bits per heavy atom. The number of nitrogens with zero attached hydrogens (tertiary/aromatic N) is 1. The average molecular weight is 272 g/mol. The summed E-state index contributed by atoms with van der Waals surface area (Å²) in [6, 6.07) is 5.65. The monoisotopic (exact) mass is 272 g/mol. The average Bonchev–Trinajstić information content (AvgIpc) is 2.43. The molecule has 0 bridgehead atoms. The Hall–Kier alpha value is -1.79. The van der Waals surface area contributed by atoms with Crippen LogP contribution in [0.1, 0.15) is 41.8 Å². The molecule has 0 aliphatic carbocycles. The number of carbonyl (C=O) groups is 1. The molecule has 0 radical (unpaired) electrons. The first-order valence-corrected chi connectivity index (χ1v) is 7.00. The van der Waals surface area contributed by atoms with Crippen molar-refractivity contribution in [3.8, 4) is 11.8 Å². The first-order valence-electron chi connectivity index (χ1n) is 7.00. The van der Waals surface area contributed by atoms with Crippen LogP contribution in [0.5, 0.6) is 0 Å². The van der Waals surface area contributed by atoms with Gasteiger partial charge in [0, 0.05) is 24.7 Å². The summed E-state index contributed by atoms with van der Waals surface area (Å²) >= 11 is 0. The summed E-state index contributed by atoms with van der Waals surface area (Å²) in [4.78, 5) is 14.1.